The molecule has 1 amide bonds. The molecule has 1 aliphatic heterocycles. The van der Waals surface area contributed by atoms with Crippen molar-refractivity contribution in [2.75, 3.05) is 19.6 Å². The molecular weight excluding hydrogens is 224 g/mol. The van der Waals surface area contributed by atoms with E-state index >= 15 is 0 Å². The fourth-order valence-corrected chi connectivity index (χ4v) is 2.40. The lowest BCUT2D eigenvalue weighted by Crippen LogP contribution is -2.37. The molecule has 0 bridgehead atoms. The molecule has 0 radical (unpaired) electrons. The van der Waals surface area contributed by atoms with E-state index in [0.29, 0.717) is 11.3 Å². The van der Waals surface area contributed by atoms with Gasteiger partial charge in [0.2, 0.25) is 5.91 Å². The van der Waals surface area contributed by atoms with E-state index in [1.807, 2.05) is 0 Å². The van der Waals surface area contributed by atoms with Crippen LogP contribution in [0.2, 0.25) is 0 Å². The molecule has 3 nitrogen and oxygen atoms in total. The highest BCUT2D eigenvalue weighted by atomic mass is 35.5. The Bertz CT molecular complexity index is 245. The number of carbonyl (C=O) groups excluding carboxylic acids is 1. The largest absolute Gasteiger partial charge is 0.355 e. The minimum Gasteiger partial charge on any atom is -0.355 e. The third-order valence-corrected chi connectivity index (χ3v) is 4.16. The summed E-state index contributed by atoms with van der Waals surface area (Å²) in [4.78, 5) is 11.8. The number of carbonyl (C=O) groups is 1. The average Bonchev–Trinajstić information content (AvgIpc) is 2.80. The van der Waals surface area contributed by atoms with Crippen LogP contribution in [0.5, 0.6) is 0 Å². The summed E-state index contributed by atoms with van der Waals surface area (Å²) in [5, 5.41) is 6.36. The third kappa shape index (κ3) is 2.89. The topological polar surface area (TPSA) is 41.1 Å². The van der Waals surface area contributed by atoms with Crippen LogP contribution in [-0.2, 0) is 4.79 Å². The van der Waals surface area contributed by atoms with Gasteiger partial charge in [-0.15, -0.1) is 12.4 Å². The molecule has 1 saturated carbocycles. The molecule has 1 aliphatic carbocycles. The molecule has 0 aromatic carbocycles. The summed E-state index contributed by atoms with van der Waals surface area (Å²) in [7, 11) is 0. The lowest BCUT2D eigenvalue weighted by Gasteiger charge is -2.21. The standard InChI is InChI=1S/C12H22N2O.ClH/c1-9(2)12(4-5-12)8-14-11(15)10-3-6-13-7-10;/h9-10,13H,3-8H2,1-2H3,(H,14,15);1H/t10-;/m0./s1. The Morgan fingerprint density at radius 1 is 1.50 bits per heavy atom. The predicted molar refractivity (Wildman–Crippen MR) is 67.7 cm³/mol. The molecule has 16 heavy (non-hydrogen) atoms. The van der Waals surface area contributed by atoms with Crippen molar-refractivity contribution in [3.63, 3.8) is 0 Å². The van der Waals surface area contributed by atoms with Gasteiger partial charge >= 0.3 is 0 Å². The van der Waals surface area contributed by atoms with Gasteiger partial charge in [-0.25, -0.2) is 0 Å². The van der Waals surface area contributed by atoms with Gasteiger partial charge in [-0.1, -0.05) is 13.8 Å². The quantitative estimate of drug-likeness (QED) is 0.791. The summed E-state index contributed by atoms with van der Waals surface area (Å²) in [5.74, 6) is 1.17. The molecule has 0 unspecified atom stereocenters. The summed E-state index contributed by atoms with van der Waals surface area (Å²) in [5.41, 5.74) is 0.432. The number of halogens is 1. The zero-order chi connectivity index (χ0) is 10.9. The Kier molecular flexibility index (Phi) is 4.62. The first kappa shape index (κ1) is 13.8. The second-order valence-corrected chi connectivity index (χ2v) is 5.42. The molecule has 1 atom stereocenters. The van der Waals surface area contributed by atoms with Crippen molar-refractivity contribution in [3.05, 3.63) is 0 Å². The van der Waals surface area contributed by atoms with Crippen molar-refractivity contribution < 1.29 is 4.79 Å². The van der Waals surface area contributed by atoms with E-state index in [9.17, 15) is 4.79 Å². The molecule has 0 spiro atoms. The average molecular weight is 247 g/mol. The van der Waals surface area contributed by atoms with Gasteiger partial charge < -0.3 is 10.6 Å². The van der Waals surface area contributed by atoms with Gasteiger partial charge in [-0.2, -0.15) is 0 Å². The van der Waals surface area contributed by atoms with Gasteiger partial charge in [0, 0.05) is 13.1 Å². The van der Waals surface area contributed by atoms with Crippen molar-refractivity contribution >= 4 is 18.3 Å². The molecule has 2 N–H and O–H groups in total. The molecular formula is C12H23ClN2O. The van der Waals surface area contributed by atoms with Gasteiger partial charge in [0.1, 0.15) is 0 Å². The monoisotopic (exact) mass is 246 g/mol. The molecule has 0 aromatic rings. The SMILES string of the molecule is CC(C)C1(CNC(=O)[C@H]2CCNC2)CC1.Cl. The summed E-state index contributed by atoms with van der Waals surface area (Å²) >= 11 is 0. The Morgan fingerprint density at radius 3 is 2.62 bits per heavy atom. The van der Waals surface area contributed by atoms with Crippen LogP contribution in [0.15, 0.2) is 0 Å². The molecule has 2 fully saturated rings. The normalized spacial score (nSPS) is 26.3. The van der Waals surface area contributed by atoms with Gasteiger partial charge in [0.25, 0.3) is 0 Å². The first-order valence-electron chi connectivity index (χ1n) is 6.12. The van der Waals surface area contributed by atoms with Gasteiger partial charge in [0.05, 0.1) is 5.92 Å². The minimum absolute atomic E-state index is 0. The zero-order valence-corrected chi connectivity index (χ0v) is 11.0. The van der Waals surface area contributed by atoms with Gasteiger partial charge in [-0.3, -0.25) is 4.79 Å². The number of rotatable bonds is 4. The second kappa shape index (κ2) is 5.37. The molecule has 2 aliphatic rings. The predicted octanol–water partition coefficient (Wildman–Crippen LogP) is 1.57. The highest BCUT2D eigenvalue weighted by Gasteiger charge is 2.45. The summed E-state index contributed by atoms with van der Waals surface area (Å²) in [6.45, 7) is 7.26. The lowest BCUT2D eigenvalue weighted by atomic mass is 9.92. The van der Waals surface area contributed by atoms with E-state index in [1.165, 1.54) is 12.8 Å². The van der Waals surface area contributed by atoms with E-state index < -0.39 is 0 Å². The van der Waals surface area contributed by atoms with Gasteiger partial charge in [-0.05, 0) is 37.1 Å². The van der Waals surface area contributed by atoms with E-state index in [4.69, 9.17) is 0 Å². The van der Waals surface area contributed by atoms with Crippen LogP contribution in [-0.4, -0.2) is 25.5 Å². The van der Waals surface area contributed by atoms with Crippen LogP contribution < -0.4 is 10.6 Å². The molecule has 0 aromatic heterocycles. The van der Waals surface area contributed by atoms with Gasteiger partial charge in [0.15, 0.2) is 0 Å². The van der Waals surface area contributed by atoms with E-state index in [0.717, 1.165) is 26.1 Å². The minimum atomic E-state index is 0. The first-order chi connectivity index (χ1) is 7.14. The van der Waals surface area contributed by atoms with Crippen molar-refractivity contribution in [3.8, 4) is 0 Å². The van der Waals surface area contributed by atoms with Crippen LogP contribution in [0.3, 0.4) is 0 Å². The van der Waals surface area contributed by atoms with Crippen molar-refractivity contribution in [2.45, 2.75) is 33.1 Å². The maximum absolute atomic E-state index is 11.8. The molecule has 1 saturated heterocycles. The number of nitrogens with one attached hydrogen (secondary N) is 2. The Balaban J connectivity index is 0.00000128. The van der Waals surface area contributed by atoms with Crippen LogP contribution in [0.25, 0.3) is 0 Å². The van der Waals surface area contributed by atoms with Crippen LogP contribution in [0.4, 0.5) is 0 Å². The fourth-order valence-electron chi connectivity index (χ4n) is 2.40. The Morgan fingerprint density at radius 2 is 2.19 bits per heavy atom. The smallest absolute Gasteiger partial charge is 0.224 e. The lowest BCUT2D eigenvalue weighted by molar-refractivity contribution is -0.124. The van der Waals surface area contributed by atoms with Crippen molar-refractivity contribution in [1.82, 2.24) is 10.6 Å². The molecule has 1 heterocycles. The van der Waals surface area contributed by atoms with Crippen LogP contribution in [0.1, 0.15) is 33.1 Å². The molecule has 94 valence electrons. The number of hydrogen-bond acceptors (Lipinski definition) is 2. The fraction of sp³-hybridized carbons (Fsp3) is 0.917. The molecule has 2 rings (SSSR count). The zero-order valence-electron chi connectivity index (χ0n) is 10.2. The van der Waals surface area contributed by atoms with Crippen LogP contribution in [0, 0.1) is 17.3 Å². The van der Waals surface area contributed by atoms with Crippen molar-refractivity contribution in [1.29, 1.82) is 0 Å². The highest BCUT2D eigenvalue weighted by Crippen LogP contribution is 2.51. The van der Waals surface area contributed by atoms with Crippen molar-refractivity contribution in [2.24, 2.45) is 17.3 Å². The summed E-state index contributed by atoms with van der Waals surface area (Å²) in [6, 6.07) is 0. The van der Waals surface area contributed by atoms with E-state index in [1.54, 1.807) is 0 Å². The first-order valence-corrected chi connectivity index (χ1v) is 6.12. The third-order valence-electron chi connectivity index (χ3n) is 4.16. The van der Waals surface area contributed by atoms with E-state index in [2.05, 4.69) is 24.5 Å². The van der Waals surface area contributed by atoms with E-state index in [-0.39, 0.29) is 24.2 Å². The second-order valence-electron chi connectivity index (χ2n) is 5.42. The Hall–Kier alpha value is -0.280. The summed E-state index contributed by atoms with van der Waals surface area (Å²) < 4.78 is 0. The number of amides is 1. The van der Waals surface area contributed by atoms with Crippen LogP contribution >= 0.6 is 12.4 Å². The summed E-state index contributed by atoms with van der Waals surface area (Å²) in [6.07, 6.45) is 3.57. The number of hydrogen-bond donors (Lipinski definition) is 2. The Labute approximate surface area is 104 Å². The molecule has 4 heteroatoms. The maximum Gasteiger partial charge on any atom is 0.224 e. The highest BCUT2D eigenvalue weighted by molar-refractivity contribution is 5.85. The maximum atomic E-state index is 11.8.